The van der Waals surface area contributed by atoms with Gasteiger partial charge in [0.05, 0.1) is 33.3 Å². The largest absolute Gasteiger partial charge is 0.357 e. The number of rotatable bonds is 0. The molecular weight excluding hydrogens is 611 g/mol. The third-order valence-electron chi connectivity index (χ3n) is 10.7. The maximum absolute atomic E-state index is 12.5. The fraction of sp³-hybridized carbons (Fsp3) is 0.394. The number of amides is 2. The van der Waals surface area contributed by atoms with Crippen LogP contribution in [0.4, 0.5) is 0 Å². The van der Waals surface area contributed by atoms with E-state index >= 15 is 0 Å². The van der Waals surface area contributed by atoms with E-state index < -0.39 is 0 Å². The van der Waals surface area contributed by atoms with Crippen LogP contribution in [0.15, 0.2) is 24.5 Å². The highest BCUT2D eigenvalue weighted by Gasteiger charge is 2.50. The second-order valence-electron chi connectivity index (χ2n) is 13.5. The molecule has 10 nitrogen and oxygen atoms in total. The molecule has 0 saturated carbocycles. The lowest BCUT2D eigenvalue weighted by Crippen LogP contribution is -2.65. The Balaban J connectivity index is 0.000000125. The number of pyridine rings is 2. The fourth-order valence-electron chi connectivity index (χ4n) is 8.47. The Morgan fingerprint density at radius 1 is 0.711 bits per heavy atom. The number of likely N-dealkylation sites (N-methyl/N-ethyl adjacent to an activating group) is 1. The number of likely N-dealkylation sites (tertiary alicyclic amines) is 1. The molecule has 5 N–H and O–H groups in total. The summed E-state index contributed by atoms with van der Waals surface area (Å²) in [5, 5.41) is 10.5. The third-order valence-corrected chi connectivity index (χ3v) is 11.1. The molecule has 4 aromatic heterocycles. The molecule has 0 unspecified atom stereocenters. The predicted octanol–water partition coefficient (Wildman–Crippen LogP) is 3.17. The second-order valence-corrected chi connectivity index (χ2v) is 14.3. The van der Waals surface area contributed by atoms with Gasteiger partial charge in [0.1, 0.15) is 10.3 Å². The van der Waals surface area contributed by atoms with Crippen molar-refractivity contribution in [2.75, 3.05) is 46.3 Å². The topological polar surface area (TPSA) is 131 Å². The Morgan fingerprint density at radius 2 is 1.20 bits per heavy atom. The van der Waals surface area contributed by atoms with E-state index in [1.165, 1.54) is 11.1 Å². The molecule has 230 valence electrons. The molecule has 2 fully saturated rings. The van der Waals surface area contributed by atoms with Gasteiger partial charge in [-0.3, -0.25) is 9.59 Å². The molecule has 0 aromatic carbocycles. The van der Waals surface area contributed by atoms with Gasteiger partial charge in [-0.25, -0.2) is 9.97 Å². The summed E-state index contributed by atoms with van der Waals surface area (Å²) in [6, 6.07) is 3.81. The molecule has 2 saturated heterocycles. The first-order valence-electron chi connectivity index (χ1n) is 15.5. The molecule has 2 aliphatic carbocycles. The molecule has 2 amide bonds. The number of fused-ring (bicyclic) bond motifs is 12. The molecule has 8 heterocycles. The lowest BCUT2D eigenvalue weighted by atomic mass is 9.73. The van der Waals surface area contributed by atoms with Crippen LogP contribution >= 0.6 is 23.2 Å². The number of carbonyl (C=O) groups excluding carboxylic acids is 2. The summed E-state index contributed by atoms with van der Waals surface area (Å²) in [4.78, 5) is 42.8. The zero-order chi connectivity index (χ0) is 30.7. The van der Waals surface area contributed by atoms with Crippen molar-refractivity contribution in [3.05, 3.63) is 79.6 Å². The number of aromatic amines is 2. The molecule has 12 heteroatoms. The number of H-pyrrole nitrogens is 2. The average Bonchev–Trinajstić information content (AvgIpc) is 3.59. The van der Waals surface area contributed by atoms with Gasteiger partial charge >= 0.3 is 0 Å². The number of nitrogens with zero attached hydrogens (tertiary/aromatic N) is 3. The third kappa shape index (κ3) is 3.95. The van der Waals surface area contributed by atoms with Crippen LogP contribution in [0.3, 0.4) is 0 Å². The van der Waals surface area contributed by atoms with Crippen LogP contribution in [0.5, 0.6) is 0 Å². The highest BCUT2D eigenvalue weighted by atomic mass is 35.5. The van der Waals surface area contributed by atoms with Crippen LogP contribution in [-0.2, 0) is 36.5 Å². The van der Waals surface area contributed by atoms with Gasteiger partial charge in [-0.2, -0.15) is 0 Å². The van der Waals surface area contributed by atoms with Crippen molar-refractivity contribution >= 4 is 35.0 Å². The van der Waals surface area contributed by atoms with Crippen molar-refractivity contribution in [3.63, 3.8) is 0 Å². The number of hydrogen-bond acceptors (Lipinski definition) is 6. The minimum absolute atomic E-state index is 0.0254. The minimum atomic E-state index is 0.0254. The van der Waals surface area contributed by atoms with Crippen molar-refractivity contribution in [2.24, 2.45) is 0 Å². The van der Waals surface area contributed by atoms with E-state index in [2.05, 4.69) is 47.8 Å². The fourth-order valence-corrected chi connectivity index (χ4v) is 8.79. The van der Waals surface area contributed by atoms with Crippen molar-refractivity contribution < 1.29 is 9.59 Å². The Bertz CT molecular complexity index is 1950. The Labute approximate surface area is 269 Å². The molecule has 2 spiro atoms. The van der Waals surface area contributed by atoms with E-state index in [1.807, 2.05) is 24.5 Å². The van der Waals surface area contributed by atoms with Crippen LogP contribution in [0.2, 0.25) is 10.3 Å². The van der Waals surface area contributed by atoms with Gasteiger partial charge in [0.25, 0.3) is 11.8 Å². The monoisotopic (exact) mass is 642 g/mol. The molecule has 10 rings (SSSR count). The van der Waals surface area contributed by atoms with E-state index in [1.54, 1.807) is 0 Å². The standard InChI is InChI=1S/C17H17ClN4O.C16H15ClN4O/c1-22-7-17(8-22)6-20-16(23)13-10-3-2-9-5-19-12(18)4-11(9)14(10)21-15(13)17;17-11-3-10-8(4-19-11)1-2-9-12-14(21-13(9)10)16(5-18-6-16)7-20-15(12)22/h4-5,21H,2-3,6-8H2,1H3,(H,20,23);3-4,18,21H,1-2,5-7H2,(H,20,22). The zero-order valence-electron chi connectivity index (χ0n) is 24.8. The smallest absolute Gasteiger partial charge is 0.253 e. The van der Waals surface area contributed by atoms with Gasteiger partial charge in [0, 0.05) is 74.2 Å². The molecule has 0 radical (unpaired) electrons. The Hall–Kier alpha value is -3.70. The van der Waals surface area contributed by atoms with Gasteiger partial charge < -0.3 is 30.8 Å². The molecule has 45 heavy (non-hydrogen) atoms. The first-order chi connectivity index (χ1) is 21.8. The number of hydrogen-bond donors (Lipinski definition) is 5. The maximum Gasteiger partial charge on any atom is 0.253 e. The van der Waals surface area contributed by atoms with E-state index in [4.69, 9.17) is 23.2 Å². The molecule has 4 aliphatic heterocycles. The highest BCUT2D eigenvalue weighted by molar-refractivity contribution is 6.30. The minimum Gasteiger partial charge on any atom is -0.357 e. The molecule has 4 aromatic rings. The second kappa shape index (κ2) is 9.65. The van der Waals surface area contributed by atoms with Gasteiger partial charge in [0.2, 0.25) is 0 Å². The van der Waals surface area contributed by atoms with Crippen LogP contribution < -0.4 is 16.0 Å². The maximum atomic E-state index is 12.5. The van der Waals surface area contributed by atoms with Crippen LogP contribution in [-0.4, -0.2) is 83.0 Å². The van der Waals surface area contributed by atoms with E-state index in [0.29, 0.717) is 23.4 Å². The predicted molar refractivity (Wildman–Crippen MR) is 171 cm³/mol. The van der Waals surface area contributed by atoms with Crippen LogP contribution in [0, 0.1) is 0 Å². The normalized spacial score (nSPS) is 21.0. The summed E-state index contributed by atoms with van der Waals surface area (Å²) in [5.41, 5.74) is 13.0. The van der Waals surface area contributed by atoms with Gasteiger partial charge in [-0.05, 0) is 67.1 Å². The molecule has 0 atom stereocenters. The first kappa shape index (κ1) is 27.6. The lowest BCUT2D eigenvalue weighted by molar-refractivity contribution is 0.0688. The lowest BCUT2D eigenvalue weighted by Gasteiger charge is -2.50. The summed E-state index contributed by atoms with van der Waals surface area (Å²) >= 11 is 12.2. The SMILES string of the molecule is CN1CC2(CNC(=O)c3c2[nH]c2c3CCc3cnc(Cl)cc3-2)C1.O=C1NCC2(CNC2)c2[nH]c3c(c21)CCc1cnc(Cl)cc1-3. The first-order valence-corrected chi connectivity index (χ1v) is 16.3. The molecular formula is C33H32Cl2N8O2. The van der Waals surface area contributed by atoms with Crippen molar-refractivity contribution in [2.45, 2.75) is 36.5 Å². The van der Waals surface area contributed by atoms with Crippen LogP contribution in [0.1, 0.15) is 54.4 Å². The quantitative estimate of drug-likeness (QED) is 0.187. The Morgan fingerprint density at radius 3 is 1.67 bits per heavy atom. The molecule has 0 bridgehead atoms. The number of carbonyl (C=O) groups is 2. The van der Waals surface area contributed by atoms with Crippen molar-refractivity contribution in [1.82, 2.24) is 40.8 Å². The van der Waals surface area contributed by atoms with Gasteiger partial charge in [-0.15, -0.1) is 0 Å². The summed E-state index contributed by atoms with van der Waals surface area (Å²) in [7, 11) is 2.12. The summed E-state index contributed by atoms with van der Waals surface area (Å²) in [5.74, 6) is 0.106. The van der Waals surface area contributed by atoms with Gasteiger partial charge in [0.15, 0.2) is 0 Å². The van der Waals surface area contributed by atoms with E-state index in [0.717, 1.165) is 108 Å². The number of aryl methyl sites for hydroxylation is 2. The van der Waals surface area contributed by atoms with Crippen molar-refractivity contribution in [1.29, 1.82) is 0 Å². The number of nitrogens with one attached hydrogen (secondary N) is 5. The van der Waals surface area contributed by atoms with Crippen LogP contribution in [0.25, 0.3) is 22.5 Å². The van der Waals surface area contributed by atoms with E-state index in [9.17, 15) is 9.59 Å². The van der Waals surface area contributed by atoms with Gasteiger partial charge in [-0.1, -0.05) is 23.2 Å². The number of aromatic nitrogens is 4. The molecule has 6 aliphatic rings. The van der Waals surface area contributed by atoms with Crippen molar-refractivity contribution in [3.8, 4) is 22.5 Å². The number of halogens is 2. The zero-order valence-corrected chi connectivity index (χ0v) is 26.3. The summed E-state index contributed by atoms with van der Waals surface area (Å²) in [6.45, 7) is 5.18. The summed E-state index contributed by atoms with van der Waals surface area (Å²) in [6.07, 6.45) is 7.24. The average molecular weight is 644 g/mol. The Kier molecular flexibility index (Phi) is 5.92. The highest BCUT2D eigenvalue weighted by Crippen LogP contribution is 2.45. The summed E-state index contributed by atoms with van der Waals surface area (Å²) < 4.78 is 0. The van der Waals surface area contributed by atoms with E-state index in [-0.39, 0.29) is 22.6 Å².